The number of hydrogen-bond acceptors (Lipinski definition) is 2. The van der Waals surface area contributed by atoms with Gasteiger partial charge in [0.1, 0.15) is 0 Å². The lowest BCUT2D eigenvalue weighted by Crippen LogP contribution is -2.52. The lowest BCUT2D eigenvalue weighted by molar-refractivity contribution is -0.138. The Hall–Kier alpha value is -0.710. The van der Waals surface area contributed by atoms with E-state index in [0.717, 1.165) is 6.54 Å². The average molecular weight is 218 g/mol. The topological polar surface area (TPSA) is 23.6 Å². The lowest BCUT2D eigenvalue weighted by Gasteiger charge is -2.40. The molecule has 0 bridgehead atoms. The molecular weight excluding hydrogens is 202 g/mol. The monoisotopic (exact) mass is 218 g/mol. The van der Waals surface area contributed by atoms with Gasteiger partial charge in [0, 0.05) is 39.5 Å². The molecule has 5 heteroatoms. The summed E-state index contributed by atoms with van der Waals surface area (Å²) in [7, 11) is 1.77. The van der Waals surface area contributed by atoms with E-state index in [2.05, 4.69) is 0 Å². The molecule has 1 aliphatic carbocycles. The van der Waals surface area contributed by atoms with Crippen LogP contribution in [0.15, 0.2) is 0 Å². The fraction of sp³-hybridized carbons (Fsp3) is 0.900. The van der Waals surface area contributed by atoms with Crippen LogP contribution in [-0.4, -0.2) is 54.9 Å². The highest BCUT2D eigenvalue weighted by Gasteiger charge is 2.45. The van der Waals surface area contributed by atoms with E-state index in [9.17, 15) is 13.6 Å². The molecule has 0 atom stereocenters. The number of carbonyl (C=O) groups excluding carboxylic acids is 1. The van der Waals surface area contributed by atoms with Gasteiger partial charge in [-0.3, -0.25) is 9.69 Å². The number of halogens is 2. The number of hydrogen-bond donors (Lipinski definition) is 0. The maximum absolute atomic E-state index is 12.6. The number of alkyl halides is 2. The van der Waals surface area contributed by atoms with E-state index in [-0.39, 0.29) is 24.7 Å². The predicted octanol–water partition coefficient (Wildman–Crippen LogP) is 0.806. The van der Waals surface area contributed by atoms with Crippen molar-refractivity contribution in [1.82, 2.24) is 9.80 Å². The SMILES string of the molecule is CN1CCN(CC2CC(F)(F)C2)CC1=O. The Morgan fingerprint density at radius 2 is 2.07 bits per heavy atom. The molecule has 3 nitrogen and oxygen atoms in total. The Balaban J connectivity index is 1.75. The summed E-state index contributed by atoms with van der Waals surface area (Å²) in [6.45, 7) is 2.56. The molecule has 0 unspecified atom stereocenters. The number of amides is 1. The van der Waals surface area contributed by atoms with Crippen molar-refractivity contribution in [1.29, 1.82) is 0 Å². The first-order valence-electron chi connectivity index (χ1n) is 5.30. The molecule has 0 N–H and O–H groups in total. The maximum Gasteiger partial charge on any atom is 0.248 e. The summed E-state index contributed by atoms with van der Waals surface area (Å²) in [4.78, 5) is 15.0. The minimum absolute atomic E-state index is 0.00642. The number of likely N-dealkylation sites (N-methyl/N-ethyl adjacent to an activating group) is 1. The zero-order valence-electron chi connectivity index (χ0n) is 8.88. The number of rotatable bonds is 2. The summed E-state index contributed by atoms with van der Waals surface area (Å²) < 4.78 is 25.2. The third kappa shape index (κ3) is 2.45. The molecule has 0 spiro atoms. The molecule has 15 heavy (non-hydrogen) atoms. The van der Waals surface area contributed by atoms with Crippen LogP contribution in [0.3, 0.4) is 0 Å². The van der Waals surface area contributed by atoms with Crippen LogP contribution in [0.25, 0.3) is 0 Å². The molecule has 2 aliphatic rings. The smallest absolute Gasteiger partial charge is 0.248 e. The van der Waals surface area contributed by atoms with Crippen molar-refractivity contribution < 1.29 is 13.6 Å². The van der Waals surface area contributed by atoms with E-state index < -0.39 is 5.92 Å². The van der Waals surface area contributed by atoms with E-state index in [0.29, 0.717) is 19.6 Å². The molecule has 0 aromatic rings. The Bertz CT molecular complexity index is 262. The van der Waals surface area contributed by atoms with Gasteiger partial charge in [-0.2, -0.15) is 0 Å². The molecule has 1 heterocycles. The van der Waals surface area contributed by atoms with Crippen molar-refractivity contribution in [2.75, 3.05) is 33.2 Å². The Morgan fingerprint density at radius 1 is 1.40 bits per heavy atom. The van der Waals surface area contributed by atoms with Gasteiger partial charge in [0.2, 0.25) is 11.8 Å². The van der Waals surface area contributed by atoms with Gasteiger partial charge >= 0.3 is 0 Å². The second kappa shape index (κ2) is 3.70. The summed E-state index contributed by atoms with van der Waals surface area (Å²) in [5, 5.41) is 0. The van der Waals surface area contributed by atoms with Crippen molar-refractivity contribution in [2.45, 2.75) is 18.8 Å². The molecule has 0 radical (unpaired) electrons. The highest BCUT2D eigenvalue weighted by Crippen LogP contribution is 2.42. The number of nitrogens with zero attached hydrogens (tertiary/aromatic N) is 2. The molecule has 2 fully saturated rings. The van der Waals surface area contributed by atoms with Gasteiger partial charge in [-0.15, -0.1) is 0 Å². The Labute approximate surface area is 88.0 Å². The van der Waals surface area contributed by atoms with Crippen LogP contribution in [0.2, 0.25) is 0 Å². The maximum atomic E-state index is 12.6. The van der Waals surface area contributed by atoms with Gasteiger partial charge in [-0.1, -0.05) is 0 Å². The highest BCUT2D eigenvalue weighted by molar-refractivity contribution is 5.78. The summed E-state index contributed by atoms with van der Waals surface area (Å²) in [6.07, 6.45) is -0.0128. The third-order valence-corrected chi connectivity index (χ3v) is 3.23. The molecule has 1 amide bonds. The standard InChI is InChI=1S/C10H16F2N2O/c1-13-2-3-14(7-9(13)15)6-8-4-10(11,12)5-8/h8H,2-7H2,1H3. The second-order valence-corrected chi connectivity index (χ2v) is 4.68. The van der Waals surface area contributed by atoms with Crippen molar-refractivity contribution in [2.24, 2.45) is 5.92 Å². The zero-order chi connectivity index (χ0) is 11.1. The molecule has 0 aromatic carbocycles. The number of carbonyl (C=O) groups is 1. The van der Waals surface area contributed by atoms with Crippen LogP contribution < -0.4 is 0 Å². The van der Waals surface area contributed by atoms with Crippen LogP contribution in [-0.2, 0) is 4.79 Å². The molecule has 1 saturated carbocycles. The van der Waals surface area contributed by atoms with Gasteiger partial charge in [-0.25, -0.2) is 8.78 Å². The zero-order valence-corrected chi connectivity index (χ0v) is 8.88. The first-order chi connectivity index (χ1) is 6.96. The summed E-state index contributed by atoms with van der Waals surface area (Å²) in [5.41, 5.74) is 0. The van der Waals surface area contributed by atoms with Gasteiger partial charge in [0.25, 0.3) is 0 Å². The van der Waals surface area contributed by atoms with Crippen molar-refractivity contribution >= 4 is 5.91 Å². The van der Waals surface area contributed by atoms with E-state index in [1.807, 2.05) is 4.90 Å². The second-order valence-electron chi connectivity index (χ2n) is 4.68. The predicted molar refractivity (Wildman–Crippen MR) is 51.7 cm³/mol. The first-order valence-corrected chi connectivity index (χ1v) is 5.30. The van der Waals surface area contributed by atoms with Crippen molar-refractivity contribution in [3.63, 3.8) is 0 Å². The van der Waals surface area contributed by atoms with E-state index in [4.69, 9.17) is 0 Å². The normalized spacial score (nSPS) is 27.9. The molecule has 1 aliphatic heterocycles. The molecule has 2 rings (SSSR count). The molecule has 0 aromatic heterocycles. The minimum Gasteiger partial charge on any atom is -0.343 e. The van der Waals surface area contributed by atoms with Crippen molar-refractivity contribution in [3.8, 4) is 0 Å². The third-order valence-electron chi connectivity index (χ3n) is 3.23. The first kappa shape index (κ1) is 10.8. The lowest BCUT2D eigenvalue weighted by atomic mass is 9.81. The quantitative estimate of drug-likeness (QED) is 0.684. The Kier molecular flexibility index (Phi) is 2.66. The van der Waals surface area contributed by atoms with E-state index >= 15 is 0 Å². The Morgan fingerprint density at radius 3 is 2.60 bits per heavy atom. The van der Waals surface area contributed by atoms with E-state index in [1.165, 1.54) is 0 Å². The van der Waals surface area contributed by atoms with Gasteiger partial charge in [0.15, 0.2) is 0 Å². The fourth-order valence-electron chi connectivity index (χ4n) is 2.24. The molecule has 1 saturated heterocycles. The van der Waals surface area contributed by atoms with E-state index in [1.54, 1.807) is 11.9 Å². The average Bonchev–Trinajstić information content (AvgIpc) is 2.08. The van der Waals surface area contributed by atoms with Crippen LogP contribution in [0.1, 0.15) is 12.8 Å². The fourth-order valence-corrected chi connectivity index (χ4v) is 2.24. The molecule has 86 valence electrons. The summed E-state index contributed by atoms with van der Waals surface area (Å²) in [5.74, 6) is -2.27. The highest BCUT2D eigenvalue weighted by atomic mass is 19.3. The van der Waals surface area contributed by atoms with Gasteiger partial charge in [0.05, 0.1) is 6.54 Å². The van der Waals surface area contributed by atoms with Crippen LogP contribution in [0.4, 0.5) is 8.78 Å². The summed E-state index contributed by atoms with van der Waals surface area (Å²) >= 11 is 0. The molecular formula is C10H16F2N2O. The van der Waals surface area contributed by atoms with Crippen LogP contribution in [0, 0.1) is 5.92 Å². The van der Waals surface area contributed by atoms with Crippen LogP contribution >= 0.6 is 0 Å². The number of piperazine rings is 1. The van der Waals surface area contributed by atoms with Crippen molar-refractivity contribution in [3.05, 3.63) is 0 Å². The van der Waals surface area contributed by atoms with Crippen LogP contribution in [0.5, 0.6) is 0 Å². The minimum atomic E-state index is -2.44. The summed E-state index contributed by atoms with van der Waals surface area (Å²) in [6, 6.07) is 0. The van der Waals surface area contributed by atoms with Gasteiger partial charge < -0.3 is 4.90 Å². The van der Waals surface area contributed by atoms with Gasteiger partial charge in [-0.05, 0) is 5.92 Å². The largest absolute Gasteiger partial charge is 0.343 e.